The molecule has 0 unspecified atom stereocenters. The van der Waals surface area contributed by atoms with Gasteiger partial charge in [-0.3, -0.25) is 9.59 Å². The van der Waals surface area contributed by atoms with Crippen LogP contribution < -0.4 is 4.74 Å². The van der Waals surface area contributed by atoms with Gasteiger partial charge in [0.15, 0.2) is 23.6 Å². The topological polar surface area (TPSA) is 63.6 Å². The normalized spacial score (nSPS) is 10.1. The predicted molar refractivity (Wildman–Crippen MR) is 74.5 cm³/mol. The first-order valence-electron chi connectivity index (χ1n) is 6.09. The van der Waals surface area contributed by atoms with Crippen molar-refractivity contribution in [3.63, 3.8) is 0 Å². The molecule has 2 aromatic rings. The molecule has 1 N–H and O–H groups in total. The van der Waals surface area contributed by atoms with Crippen molar-refractivity contribution in [1.82, 2.24) is 0 Å². The molecule has 0 spiro atoms. The number of ether oxygens (including phenoxy) is 1. The number of phenolic OH excluding ortho intramolecular Hbond substituents is 1. The Morgan fingerprint density at radius 1 is 1.25 bits per heavy atom. The number of carbonyl (C=O) groups excluding carboxylic acids is 2. The van der Waals surface area contributed by atoms with Gasteiger partial charge in [-0.2, -0.15) is 0 Å². The van der Waals surface area contributed by atoms with E-state index in [-0.39, 0.29) is 29.3 Å². The van der Waals surface area contributed by atoms with Crippen molar-refractivity contribution in [3.05, 3.63) is 59.2 Å². The van der Waals surface area contributed by atoms with E-state index in [1.807, 2.05) is 6.07 Å². The first-order chi connectivity index (χ1) is 9.65. The number of benzene rings is 2. The molecular formula is C16H14O4. The van der Waals surface area contributed by atoms with Crippen LogP contribution in [0.2, 0.25) is 0 Å². The SMILES string of the molecule is COc1c(O)cc(CC(=O)c2ccccc2)cc1C=O. The number of aromatic hydroxyl groups is 1. The van der Waals surface area contributed by atoms with Crippen LogP contribution >= 0.6 is 0 Å². The zero-order valence-corrected chi connectivity index (χ0v) is 11.0. The van der Waals surface area contributed by atoms with Crippen molar-refractivity contribution in [2.75, 3.05) is 7.11 Å². The molecule has 0 fully saturated rings. The van der Waals surface area contributed by atoms with E-state index in [0.717, 1.165) is 0 Å². The van der Waals surface area contributed by atoms with Gasteiger partial charge in [-0.1, -0.05) is 30.3 Å². The van der Waals surface area contributed by atoms with Crippen LogP contribution in [0.4, 0.5) is 0 Å². The van der Waals surface area contributed by atoms with Crippen LogP contribution in [0.3, 0.4) is 0 Å². The lowest BCUT2D eigenvalue weighted by atomic mass is 10.0. The fourth-order valence-corrected chi connectivity index (χ4v) is 2.02. The number of methoxy groups -OCH3 is 1. The average Bonchev–Trinajstić information content (AvgIpc) is 2.47. The number of hydrogen-bond acceptors (Lipinski definition) is 4. The minimum atomic E-state index is -0.145. The Morgan fingerprint density at radius 3 is 2.55 bits per heavy atom. The zero-order valence-electron chi connectivity index (χ0n) is 11.0. The van der Waals surface area contributed by atoms with Gasteiger partial charge in [-0.15, -0.1) is 0 Å². The van der Waals surface area contributed by atoms with E-state index in [4.69, 9.17) is 4.74 Å². The van der Waals surface area contributed by atoms with Crippen LogP contribution in [0, 0.1) is 0 Å². The first kappa shape index (κ1) is 13.8. The largest absolute Gasteiger partial charge is 0.504 e. The van der Waals surface area contributed by atoms with Crippen LogP contribution in [0.1, 0.15) is 26.3 Å². The van der Waals surface area contributed by atoms with E-state index in [1.165, 1.54) is 13.2 Å². The molecule has 0 aliphatic heterocycles. The molecule has 0 aliphatic rings. The molecule has 0 atom stereocenters. The second kappa shape index (κ2) is 6.02. The summed E-state index contributed by atoms with van der Waals surface area (Å²) < 4.78 is 4.95. The number of ketones is 1. The molecule has 2 rings (SSSR count). The Morgan fingerprint density at radius 2 is 1.95 bits per heavy atom. The lowest BCUT2D eigenvalue weighted by Gasteiger charge is -2.09. The Hall–Kier alpha value is -2.62. The number of aldehydes is 1. The maximum absolute atomic E-state index is 12.1. The van der Waals surface area contributed by atoms with Gasteiger partial charge < -0.3 is 9.84 Å². The van der Waals surface area contributed by atoms with Crippen molar-refractivity contribution in [3.8, 4) is 11.5 Å². The standard InChI is InChI=1S/C16H14O4/c1-20-16-13(10-17)7-11(9-15(16)19)8-14(18)12-5-3-2-4-6-12/h2-7,9-10,19H,8H2,1H3. The Kier molecular flexibility index (Phi) is 4.15. The van der Waals surface area contributed by atoms with Crippen molar-refractivity contribution in [2.45, 2.75) is 6.42 Å². The summed E-state index contributed by atoms with van der Waals surface area (Å²) in [5, 5.41) is 9.79. The molecule has 4 heteroatoms. The smallest absolute Gasteiger partial charge is 0.170 e. The first-order valence-corrected chi connectivity index (χ1v) is 6.09. The minimum absolute atomic E-state index is 0.0768. The van der Waals surface area contributed by atoms with Gasteiger partial charge in [-0.25, -0.2) is 0 Å². The molecule has 0 amide bonds. The summed E-state index contributed by atoms with van der Waals surface area (Å²) in [7, 11) is 1.37. The van der Waals surface area contributed by atoms with Crippen LogP contribution in [-0.2, 0) is 6.42 Å². The van der Waals surface area contributed by atoms with E-state index < -0.39 is 0 Å². The summed E-state index contributed by atoms with van der Waals surface area (Å²) in [5.41, 5.74) is 1.39. The van der Waals surface area contributed by atoms with Gasteiger partial charge in [0.05, 0.1) is 12.7 Å². The second-order valence-corrected chi connectivity index (χ2v) is 4.32. The van der Waals surface area contributed by atoms with Crippen LogP contribution in [-0.4, -0.2) is 24.3 Å². The van der Waals surface area contributed by atoms with Crippen LogP contribution in [0.5, 0.6) is 11.5 Å². The number of phenols is 1. The highest BCUT2D eigenvalue weighted by atomic mass is 16.5. The van der Waals surface area contributed by atoms with Gasteiger partial charge in [0.25, 0.3) is 0 Å². The summed E-state index contributed by atoms with van der Waals surface area (Å²) in [6, 6.07) is 11.9. The molecule has 2 aromatic carbocycles. The quantitative estimate of drug-likeness (QED) is 0.670. The lowest BCUT2D eigenvalue weighted by molar-refractivity contribution is 0.0992. The molecule has 0 aliphatic carbocycles. The summed E-state index contributed by atoms with van der Waals surface area (Å²) in [6.07, 6.45) is 0.706. The van der Waals surface area contributed by atoms with E-state index in [2.05, 4.69) is 0 Å². The van der Waals surface area contributed by atoms with Gasteiger partial charge in [-0.05, 0) is 17.7 Å². The number of rotatable bonds is 5. The van der Waals surface area contributed by atoms with E-state index >= 15 is 0 Å². The van der Waals surface area contributed by atoms with Gasteiger partial charge in [0.2, 0.25) is 0 Å². The maximum Gasteiger partial charge on any atom is 0.170 e. The Labute approximate surface area is 116 Å². The number of carbonyl (C=O) groups is 2. The third kappa shape index (κ3) is 2.85. The van der Waals surface area contributed by atoms with Gasteiger partial charge in [0, 0.05) is 12.0 Å². The number of Topliss-reactive ketones (excluding diaryl/α,β-unsaturated/α-hetero) is 1. The summed E-state index contributed by atoms with van der Waals surface area (Å²) >= 11 is 0. The molecule has 20 heavy (non-hydrogen) atoms. The number of hydrogen-bond donors (Lipinski definition) is 1. The van der Waals surface area contributed by atoms with Gasteiger partial charge in [0.1, 0.15) is 0 Å². The molecule has 0 bridgehead atoms. The van der Waals surface area contributed by atoms with E-state index in [9.17, 15) is 14.7 Å². The Bertz CT molecular complexity index is 632. The third-order valence-electron chi connectivity index (χ3n) is 2.95. The molecule has 102 valence electrons. The summed E-state index contributed by atoms with van der Waals surface area (Å²) in [5.74, 6) is -0.101. The molecule has 4 nitrogen and oxygen atoms in total. The van der Waals surface area contributed by atoms with Crippen molar-refractivity contribution >= 4 is 12.1 Å². The second-order valence-electron chi connectivity index (χ2n) is 4.32. The van der Waals surface area contributed by atoms with Crippen LogP contribution in [0.25, 0.3) is 0 Å². The third-order valence-corrected chi connectivity index (χ3v) is 2.95. The fraction of sp³-hybridized carbons (Fsp3) is 0.125. The maximum atomic E-state index is 12.1. The predicted octanol–water partition coefficient (Wildman–Crippen LogP) is 2.64. The van der Waals surface area contributed by atoms with Crippen molar-refractivity contribution in [1.29, 1.82) is 0 Å². The van der Waals surface area contributed by atoms with Crippen LogP contribution in [0.15, 0.2) is 42.5 Å². The van der Waals surface area contributed by atoms with Gasteiger partial charge >= 0.3 is 0 Å². The lowest BCUT2D eigenvalue weighted by Crippen LogP contribution is -2.04. The highest BCUT2D eigenvalue weighted by molar-refractivity contribution is 5.97. The monoisotopic (exact) mass is 270 g/mol. The fourth-order valence-electron chi connectivity index (χ4n) is 2.02. The average molecular weight is 270 g/mol. The summed E-state index contributed by atoms with van der Waals surface area (Å²) in [6.45, 7) is 0. The molecular weight excluding hydrogens is 256 g/mol. The molecule has 0 heterocycles. The summed E-state index contributed by atoms with van der Waals surface area (Å²) in [4.78, 5) is 23.0. The Balaban J connectivity index is 2.28. The zero-order chi connectivity index (χ0) is 14.5. The molecule has 0 saturated heterocycles. The highest BCUT2D eigenvalue weighted by Crippen LogP contribution is 2.30. The minimum Gasteiger partial charge on any atom is -0.504 e. The van der Waals surface area contributed by atoms with E-state index in [0.29, 0.717) is 17.4 Å². The molecule has 0 radical (unpaired) electrons. The van der Waals surface area contributed by atoms with E-state index in [1.54, 1.807) is 30.3 Å². The molecule has 0 aromatic heterocycles. The highest BCUT2D eigenvalue weighted by Gasteiger charge is 2.13. The van der Waals surface area contributed by atoms with Crippen molar-refractivity contribution in [2.24, 2.45) is 0 Å². The van der Waals surface area contributed by atoms with Crippen molar-refractivity contribution < 1.29 is 19.4 Å². The molecule has 0 saturated carbocycles.